The van der Waals surface area contributed by atoms with Gasteiger partial charge in [-0.05, 0) is 30.3 Å². The molecule has 0 aliphatic carbocycles. The van der Waals surface area contributed by atoms with Crippen LogP contribution in [0.15, 0.2) is 88.8 Å². The van der Waals surface area contributed by atoms with Crippen molar-refractivity contribution in [3.8, 4) is 5.75 Å². The van der Waals surface area contributed by atoms with Crippen LogP contribution in [0, 0.1) is 5.41 Å². The summed E-state index contributed by atoms with van der Waals surface area (Å²) >= 11 is 0. The monoisotopic (exact) mass is 427 g/mol. The maximum absolute atomic E-state index is 12.8. The van der Waals surface area contributed by atoms with Gasteiger partial charge in [-0.1, -0.05) is 48.5 Å². The molecule has 1 unspecified atom stereocenters. The Labute approximate surface area is 184 Å². The first-order chi connectivity index (χ1) is 15.5. The Balaban J connectivity index is 1.63. The van der Waals surface area contributed by atoms with Gasteiger partial charge in [0.2, 0.25) is 12.1 Å². The highest BCUT2D eigenvalue weighted by atomic mass is 16.5. The topological polar surface area (TPSA) is 122 Å². The van der Waals surface area contributed by atoms with E-state index in [4.69, 9.17) is 20.6 Å². The van der Waals surface area contributed by atoms with Crippen LogP contribution in [0.3, 0.4) is 0 Å². The molecule has 4 N–H and O–H groups in total. The van der Waals surface area contributed by atoms with Crippen molar-refractivity contribution in [3.05, 3.63) is 95.6 Å². The summed E-state index contributed by atoms with van der Waals surface area (Å²) in [7, 11) is 1.56. The summed E-state index contributed by atoms with van der Waals surface area (Å²) in [5.41, 5.74) is 9.24. The van der Waals surface area contributed by atoms with Crippen LogP contribution in [0.4, 0.5) is 5.69 Å². The molecule has 0 spiro atoms. The summed E-state index contributed by atoms with van der Waals surface area (Å²) in [6, 6.07) is 23.3. The Morgan fingerprint density at radius 3 is 2.44 bits per heavy atom. The maximum atomic E-state index is 12.8. The highest BCUT2D eigenvalue weighted by molar-refractivity contribution is 6.19. The van der Waals surface area contributed by atoms with Crippen LogP contribution in [0.25, 0.3) is 0 Å². The highest BCUT2D eigenvalue weighted by Crippen LogP contribution is 2.24. The zero-order chi connectivity index (χ0) is 22.5. The van der Waals surface area contributed by atoms with E-state index < -0.39 is 12.1 Å². The minimum Gasteiger partial charge on any atom is -0.497 e. The van der Waals surface area contributed by atoms with Crippen molar-refractivity contribution in [3.63, 3.8) is 0 Å². The molecule has 4 rings (SSSR count). The number of para-hydroxylation sites is 1. The number of anilines is 1. The molecule has 0 radical (unpaired) electrons. The number of rotatable bonds is 4. The minimum absolute atomic E-state index is 0.210. The van der Waals surface area contributed by atoms with Crippen LogP contribution in [0.2, 0.25) is 0 Å². The van der Waals surface area contributed by atoms with Crippen molar-refractivity contribution in [1.29, 1.82) is 5.41 Å². The first kappa shape index (κ1) is 20.8. The lowest BCUT2D eigenvalue weighted by Gasteiger charge is -2.10. The minimum atomic E-state index is -1.18. The summed E-state index contributed by atoms with van der Waals surface area (Å²) in [5, 5.41) is 11.0. The van der Waals surface area contributed by atoms with E-state index in [1.807, 2.05) is 48.5 Å². The number of nitrogens with zero attached hydrogens (tertiary/aromatic N) is 2. The molecule has 1 amide bonds. The van der Waals surface area contributed by atoms with Gasteiger partial charge in [-0.15, -0.1) is 0 Å². The molecular formula is C24H21N5O3. The van der Waals surface area contributed by atoms with Crippen LogP contribution >= 0.6 is 0 Å². The Morgan fingerprint density at radius 2 is 1.72 bits per heavy atom. The molecule has 0 bridgehead atoms. The van der Waals surface area contributed by atoms with E-state index in [1.54, 1.807) is 37.4 Å². The zero-order valence-corrected chi connectivity index (χ0v) is 17.3. The van der Waals surface area contributed by atoms with Gasteiger partial charge in [0.25, 0.3) is 11.9 Å². The second-order valence-corrected chi connectivity index (χ2v) is 6.88. The van der Waals surface area contributed by atoms with Crippen molar-refractivity contribution < 1.29 is 14.3 Å². The third-order valence-corrected chi connectivity index (χ3v) is 4.78. The second kappa shape index (κ2) is 9.13. The van der Waals surface area contributed by atoms with Crippen LogP contribution in [-0.4, -0.2) is 36.8 Å². The third kappa shape index (κ3) is 4.49. The number of ether oxygens (including phenoxy) is 2. The van der Waals surface area contributed by atoms with Crippen molar-refractivity contribution >= 4 is 29.2 Å². The van der Waals surface area contributed by atoms with Gasteiger partial charge < -0.3 is 20.5 Å². The standard InChI is InChI=1S/C24H21N5O3/c1-31-17-13-11-16(12-14-17)21(25)32-24(26)29-22-23(30)27-19-10-6-5-9-18(19)20(28-22)15-7-3-2-4-8-15/h2-14,22,25H,1H3,(H2,26,29)(H,27,30). The number of amidine groups is 1. The lowest BCUT2D eigenvalue weighted by Crippen LogP contribution is -2.29. The summed E-state index contributed by atoms with van der Waals surface area (Å²) in [6.45, 7) is 0. The number of nitrogens with one attached hydrogen (secondary N) is 2. The van der Waals surface area contributed by atoms with E-state index in [0.717, 1.165) is 11.1 Å². The number of amides is 1. The molecule has 3 aromatic rings. The van der Waals surface area contributed by atoms with Crippen LogP contribution in [0.1, 0.15) is 16.7 Å². The molecule has 1 aliphatic heterocycles. The second-order valence-electron chi connectivity index (χ2n) is 6.88. The Morgan fingerprint density at radius 1 is 1.03 bits per heavy atom. The molecule has 8 nitrogen and oxygen atoms in total. The average molecular weight is 427 g/mol. The van der Waals surface area contributed by atoms with Crippen molar-refractivity contribution in [2.45, 2.75) is 6.17 Å². The van der Waals surface area contributed by atoms with Crippen LogP contribution in [-0.2, 0) is 9.53 Å². The van der Waals surface area contributed by atoms with E-state index >= 15 is 0 Å². The first-order valence-corrected chi connectivity index (χ1v) is 9.83. The van der Waals surface area contributed by atoms with E-state index in [2.05, 4.69) is 15.3 Å². The number of hydrogen-bond acceptors (Lipinski definition) is 6. The smallest absolute Gasteiger partial charge is 0.291 e. The summed E-state index contributed by atoms with van der Waals surface area (Å²) in [5.74, 6) is -0.00921. The number of benzodiazepines with no additional fused rings is 1. The summed E-state index contributed by atoms with van der Waals surface area (Å²) in [6.07, 6.45) is -1.18. The number of aliphatic imine (C=N–C) groups is 2. The number of carbonyl (C=O) groups is 1. The Kier molecular flexibility index (Phi) is 5.94. The quantitative estimate of drug-likeness (QED) is 0.437. The molecule has 3 aromatic carbocycles. The predicted molar refractivity (Wildman–Crippen MR) is 123 cm³/mol. The first-order valence-electron chi connectivity index (χ1n) is 9.83. The van der Waals surface area contributed by atoms with Crippen LogP contribution in [0.5, 0.6) is 5.75 Å². The van der Waals surface area contributed by atoms with Gasteiger partial charge in [-0.3, -0.25) is 10.2 Å². The SMILES string of the molecule is COc1ccc(C(=N)OC(N)=NC2N=C(c3ccccc3)c3ccccc3NC2=O)cc1. The zero-order valence-electron chi connectivity index (χ0n) is 17.3. The van der Waals surface area contributed by atoms with Crippen molar-refractivity contribution in [1.82, 2.24) is 0 Å². The molecule has 1 heterocycles. The molecule has 0 aromatic heterocycles. The maximum Gasteiger partial charge on any atom is 0.291 e. The number of fused-ring (bicyclic) bond motifs is 1. The molecular weight excluding hydrogens is 406 g/mol. The normalized spacial score (nSPS) is 15.7. The molecule has 0 fully saturated rings. The van der Waals surface area contributed by atoms with E-state index in [1.165, 1.54) is 0 Å². The van der Waals surface area contributed by atoms with Gasteiger partial charge in [-0.2, -0.15) is 4.99 Å². The number of methoxy groups -OCH3 is 1. The van der Waals surface area contributed by atoms with Gasteiger partial charge in [0, 0.05) is 16.7 Å². The van der Waals surface area contributed by atoms with Gasteiger partial charge in [0.1, 0.15) is 5.75 Å². The molecule has 0 saturated heterocycles. The molecule has 8 heteroatoms. The third-order valence-electron chi connectivity index (χ3n) is 4.78. The summed E-state index contributed by atoms with van der Waals surface area (Å²) < 4.78 is 10.4. The Hall–Kier alpha value is -4.46. The van der Waals surface area contributed by atoms with E-state index in [-0.39, 0.29) is 11.9 Å². The highest BCUT2D eigenvalue weighted by Gasteiger charge is 2.26. The molecule has 0 saturated carbocycles. The molecule has 1 atom stereocenters. The summed E-state index contributed by atoms with van der Waals surface area (Å²) in [4.78, 5) is 21.5. The van der Waals surface area contributed by atoms with Gasteiger partial charge in [-0.25, -0.2) is 4.99 Å². The lowest BCUT2D eigenvalue weighted by atomic mass is 10.0. The molecule has 32 heavy (non-hydrogen) atoms. The number of hydrogen-bond donors (Lipinski definition) is 3. The van der Waals surface area contributed by atoms with E-state index in [0.29, 0.717) is 22.7 Å². The van der Waals surface area contributed by atoms with Crippen molar-refractivity contribution in [2.24, 2.45) is 15.7 Å². The average Bonchev–Trinajstić information content (AvgIpc) is 2.96. The lowest BCUT2D eigenvalue weighted by molar-refractivity contribution is -0.117. The Bertz CT molecular complexity index is 1200. The number of nitrogens with two attached hydrogens (primary N) is 1. The largest absolute Gasteiger partial charge is 0.497 e. The van der Waals surface area contributed by atoms with Crippen LogP contribution < -0.4 is 15.8 Å². The fraction of sp³-hybridized carbons (Fsp3) is 0.0833. The molecule has 160 valence electrons. The van der Waals surface area contributed by atoms with Gasteiger partial charge >= 0.3 is 0 Å². The predicted octanol–water partition coefficient (Wildman–Crippen LogP) is 3.17. The van der Waals surface area contributed by atoms with Gasteiger partial charge in [0.15, 0.2) is 0 Å². The number of carbonyl (C=O) groups excluding carboxylic acids is 1. The fourth-order valence-corrected chi connectivity index (χ4v) is 3.21. The van der Waals surface area contributed by atoms with Crippen molar-refractivity contribution in [2.75, 3.05) is 12.4 Å². The number of benzene rings is 3. The fourth-order valence-electron chi connectivity index (χ4n) is 3.21. The molecule has 1 aliphatic rings. The van der Waals surface area contributed by atoms with Gasteiger partial charge in [0.05, 0.1) is 18.5 Å². The van der Waals surface area contributed by atoms with E-state index in [9.17, 15) is 4.79 Å².